The Hall–Kier alpha value is -0.730. The van der Waals surface area contributed by atoms with Gasteiger partial charge >= 0.3 is 0 Å². The molecule has 1 aliphatic heterocycles. The number of nitrogens with zero attached hydrogens (tertiary/aromatic N) is 3. The topological polar surface area (TPSA) is 48.6 Å². The second-order valence-corrected chi connectivity index (χ2v) is 4.14. The molecular weight excluding hydrogens is 210 g/mol. The summed E-state index contributed by atoms with van der Waals surface area (Å²) in [5.74, 6) is 0. The lowest BCUT2D eigenvalue weighted by Gasteiger charge is -2.33. The van der Waals surface area contributed by atoms with E-state index in [4.69, 9.17) is 10.00 Å². The van der Waals surface area contributed by atoms with Gasteiger partial charge in [-0.15, -0.1) is 4.99 Å². The van der Waals surface area contributed by atoms with Crippen LogP contribution in [0.3, 0.4) is 0 Å². The largest absolute Gasteiger partial charge is 0.377 e. The number of amidine groups is 1. The smallest absolute Gasteiger partial charge is 0.208 e. The number of likely N-dealkylation sites (tertiary alicyclic amines) is 1. The molecule has 5 heteroatoms. The Morgan fingerprint density at radius 2 is 2.53 bits per heavy atom. The van der Waals surface area contributed by atoms with E-state index in [1.807, 2.05) is 19.4 Å². The molecule has 0 bridgehead atoms. The zero-order chi connectivity index (χ0) is 11.1. The molecule has 0 radical (unpaired) electrons. The van der Waals surface area contributed by atoms with Gasteiger partial charge in [-0.2, -0.15) is 5.26 Å². The van der Waals surface area contributed by atoms with Crippen molar-refractivity contribution in [2.75, 3.05) is 26.0 Å². The standard InChI is InChI=1S/C10H17N3OS/c1-3-14-9-5-4-6-13(7-9)10(15-2)12-8-11/h9H,3-7H2,1-2H3. The van der Waals surface area contributed by atoms with Crippen molar-refractivity contribution in [3.63, 3.8) is 0 Å². The van der Waals surface area contributed by atoms with E-state index in [0.29, 0.717) is 6.10 Å². The molecular formula is C10H17N3OS. The van der Waals surface area contributed by atoms with Crippen LogP contribution in [-0.4, -0.2) is 42.1 Å². The van der Waals surface area contributed by atoms with Crippen LogP contribution in [0.25, 0.3) is 0 Å². The molecule has 1 heterocycles. The van der Waals surface area contributed by atoms with E-state index in [2.05, 4.69) is 9.89 Å². The molecule has 15 heavy (non-hydrogen) atoms. The third kappa shape index (κ3) is 3.73. The Kier molecular flexibility index (Phi) is 5.51. The number of hydrogen-bond acceptors (Lipinski definition) is 4. The van der Waals surface area contributed by atoms with Gasteiger partial charge < -0.3 is 9.64 Å². The molecule has 84 valence electrons. The predicted octanol–water partition coefficient (Wildman–Crippen LogP) is 1.69. The van der Waals surface area contributed by atoms with Crippen LogP contribution >= 0.6 is 11.8 Å². The Bertz CT molecular complexity index is 260. The van der Waals surface area contributed by atoms with E-state index in [0.717, 1.165) is 37.7 Å². The third-order valence-electron chi connectivity index (χ3n) is 2.38. The lowest BCUT2D eigenvalue weighted by Crippen LogP contribution is -2.42. The number of piperidine rings is 1. The van der Waals surface area contributed by atoms with Gasteiger partial charge in [-0.1, -0.05) is 11.8 Å². The normalized spacial score (nSPS) is 22.6. The van der Waals surface area contributed by atoms with Crippen LogP contribution in [-0.2, 0) is 4.74 Å². The van der Waals surface area contributed by atoms with Gasteiger partial charge in [0.1, 0.15) is 0 Å². The maximum Gasteiger partial charge on any atom is 0.208 e. The van der Waals surface area contributed by atoms with Crippen LogP contribution < -0.4 is 0 Å². The summed E-state index contributed by atoms with van der Waals surface area (Å²) in [6.07, 6.45) is 6.30. The average molecular weight is 227 g/mol. The van der Waals surface area contributed by atoms with Crippen molar-refractivity contribution in [1.82, 2.24) is 4.90 Å². The molecule has 1 unspecified atom stereocenters. The van der Waals surface area contributed by atoms with Crippen LogP contribution in [0.15, 0.2) is 4.99 Å². The van der Waals surface area contributed by atoms with Gasteiger partial charge in [0, 0.05) is 19.7 Å². The van der Waals surface area contributed by atoms with E-state index in [1.165, 1.54) is 11.8 Å². The first-order valence-corrected chi connectivity index (χ1v) is 6.41. The molecule has 1 saturated heterocycles. The predicted molar refractivity (Wildman–Crippen MR) is 62.8 cm³/mol. The van der Waals surface area contributed by atoms with Crippen LogP contribution in [0.1, 0.15) is 19.8 Å². The SMILES string of the molecule is CCOC1CCCN(C(=NC#N)SC)C1. The molecule has 0 spiro atoms. The second kappa shape index (κ2) is 6.70. The van der Waals surface area contributed by atoms with Crippen LogP contribution in [0.4, 0.5) is 0 Å². The van der Waals surface area contributed by atoms with Crippen molar-refractivity contribution in [2.45, 2.75) is 25.9 Å². The average Bonchev–Trinajstić information content (AvgIpc) is 2.27. The summed E-state index contributed by atoms with van der Waals surface area (Å²) >= 11 is 1.52. The highest BCUT2D eigenvalue weighted by Crippen LogP contribution is 2.17. The first-order chi connectivity index (χ1) is 7.31. The number of aliphatic imine (C=N–C) groups is 1. The maximum absolute atomic E-state index is 8.56. The molecule has 0 N–H and O–H groups in total. The molecule has 1 atom stereocenters. The highest BCUT2D eigenvalue weighted by atomic mass is 32.2. The molecule has 0 aromatic rings. The highest BCUT2D eigenvalue weighted by molar-refractivity contribution is 8.13. The number of ether oxygens (including phenoxy) is 1. The molecule has 1 aliphatic rings. The van der Waals surface area contributed by atoms with Crippen LogP contribution in [0, 0.1) is 11.5 Å². The van der Waals surface area contributed by atoms with E-state index < -0.39 is 0 Å². The summed E-state index contributed by atoms with van der Waals surface area (Å²) in [6.45, 7) is 4.60. The molecule has 1 rings (SSSR count). The zero-order valence-corrected chi connectivity index (χ0v) is 10.1. The first-order valence-electron chi connectivity index (χ1n) is 5.19. The Morgan fingerprint density at radius 1 is 1.73 bits per heavy atom. The lowest BCUT2D eigenvalue weighted by molar-refractivity contribution is 0.0243. The molecule has 0 saturated carbocycles. The summed E-state index contributed by atoms with van der Waals surface area (Å²) in [4.78, 5) is 5.95. The van der Waals surface area contributed by atoms with Gasteiger partial charge in [-0.25, -0.2) is 0 Å². The summed E-state index contributed by atoms with van der Waals surface area (Å²) in [6, 6.07) is 0. The van der Waals surface area contributed by atoms with Gasteiger partial charge in [0.05, 0.1) is 6.10 Å². The monoisotopic (exact) mass is 227 g/mol. The molecule has 0 aliphatic carbocycles. The Balaban J connectivity index is 2.55. The molecule has 0 aromatic carbocycles. The quantitative estimate of drug-likeness (QED) is 0.409. The minimum absolute atomic E-state index is 0.291. The number of rotatable bonds is 2. The van der Waals surface area contributed by atoms with Gasteiger partial charge in [0.25, 0.3) is 0 Å². The fourth-order valence-electron chi connectivity index (χ4n) is 1.77. The number of hydrogen-bond donors (Lipinski definition) is 0. The van der Waals surface area contributed by atoms with Crippen LogP contribution in [0.2, 0.25) is 0 Å². The van der Waals surface area contributed by atoms with Crippen molar-refractivity contribution in [2.24, 2.45) is 4.99 Å². The van der Waals surface area contributed by atoms with Crippen molar-refractivity contribution < 1.29 is 4.74 Å². The van der Waals surface area contributed by atoms with Crippen molar-refractivity contribution in [3.05, 3.63) is 0 Å². The summed E-state index contributed by atoms with van der Waals surface area (Å²) in [5, 5.41) is 9.37. The first kappa shape index (κ1) is 12.3. The van der Waals surface area contributed by atoms with Crippen molar-refractivity contribution in [3.8, 4) is 6.19 Å². The Morgan fingerprint density at radius 3 is 3.13 bits per heavy atom. The second-order valence-electron chi connectivity index (χ2n) is 3.36. The van der Waals surface area contributed by atoms with E-state index in [-0.39, 0.29) is 0 Å². The van der Waals surface area contributed by atoms with Gasteiger partial charge in [-0.3, -0.25) is 0 Å². The molecule has 0 amide bonds. The highest BCUT2D eigenvalue weighted by Gasteiger charge is 2.22. The fourth-order valence-corrected chi connectivity index (χ4v) is 2.33. The van der Waals surface area contributed by atoms with Crippen LogP contribution in [0.5, 0.6) is 0 Å². The van der Waals surface area contributed by atoms with E-state index in [1.54, 1.807) is 0 Å². The Labute approximate surface area is 95.3 Å². The van der Waals surface area contributed by atoms with Gasteiger partial charge in [0.2, 0.25) is 6.19 Å². The van der Waals surface area contributed by atoms with Gasteiger partial charge in [0.15, 0.2) is 5.17 Å². The van der Waals surface area contributed by atoms with Crippen molar-refractivity contribution in [1.29, 1.82) is 5.26 Å². The maximum atomic E-state index is 8.56. The molecule has 4 nitrogen and oxygen atoms in total. The minimum atomic E-state index is 0.291. The fraction of sp³-hybridized carbons (Fsp3) is 0.800. The van der Waals surface area contributed by atoms with E-state index >= 15 is 0 Å². The zero-order valence-electron chi connectivity index (χ0n) is 9.27. The summed E-state index contributed by atoms with van der Waals surface area (Å²) < 4.78 is 5.60. The van der Waals surface area contributed by atoms with Gasteiger partial charge in [-0.05, 0) is 26.0 Å². The minimum Gasteiger partial charge on any atom is -0.377 e. The lowest BCUT2D eigenvalue weighted by atomic mass is 10.1. The summed E-state index contributed by atoms with van der Waals surface area (Å²) in [7, 11) is 0. The van der Waals surface area contributed by atoms with Crippen molar-refractivity contribution >= 4 is 16.9 Å². The molecule has 0 aromatic heterocycles. The van der Waals surface area contributed by atoms with E-state index in [9.17, 15) is 0 Å². The number of nitriles is 1. The molecule has 1 fully saturated rings. The number of thioether (sulfide) groups is 1. The summed E-state index contributed by atoms with van der Waals surface area (Å²) in [5.41, 5.74) is 0. The third-order valence-corrected chi connectivity index (χ3v) is 3.09.